The Morgan fingerprint density at radius 2 is 1.94 bits per heavy atom. The second kappa shape index (κ2) is 12.3. The molecule has 0 saturated carbocycles. The Morgan fingerprint density at radius 3 is 2.61 bits per heavy atom. The van der Waals surface area contributed by atoms with E-state index in [0.29, 0.717) is 19.4 Å². The summed E-state index contributed by atoms with van der Waals surface area (Å²) < 4.78 is 0. The fraction of sp³-hybridized carbons (Fsp3) is 0.520. The molecule has 3 amide bonds. The van der Waals surface area contributed by atoms with Crippen molar-refractivity contribution >= 4 is 47.2 Å². The third kappa shape index (κ3) is 6.19. The van der Waals surface area contributed by atoms with Gasteiger partial charge in [0.1, 0.15) is 18.1 Å². The van der Waals surface area contributed by atoms with E-state index in [1.165, 1.54) is 4.90 Å². The Kier molecular flexibility index (Phi) is 9.38. The number of fused-ring (bicyclic) bond motifs is 1. The monoisotopic (exact) mass is 517 g/mol. The second-order valence-electron chi connectivity index (χ2n) is 9.31. The largest absolute Gasteiger partial charge is 0.480 e. The van der Waals surface area contributed by atoms with E-state index >= 15 is 0 Å². The number of aromatic nitrogens is 1. The van der Waals surface area contributed by atoms with E-state index in [1.54, 1.807) is 6.20 Å². The molecule has 6 N–H and O–H groups in total. The molecule has 0 spiro atoms. The number of aliphatic carboxylic acids is 1. The van der Waals surface area contributed by atoms with Crippen LogP contribution in [-0.4, -0.2) is 75.1 Å². The van der Waals surface area contributed by atoms with Crippen LogP contribution in [0.2, 0.25) is 0 Å². The average molecular weight is 518 g/mol. The predicted octanol–water partition coefficient (Wildman–Crippen LogP) is 1.06. The number of rotatable bonds is 11. The Labute approximate surface area is 215 Å². The molecule has 1 fully saturated rings. The van der Waals surface area contributed by atoms with Gasteiger partial charge in [-0.15, -0.1) is 0 Å². The van der Waals surface area contributed by atoms with Crippen molar-refractivity contribution in [2.75, 3.05) is 12.3 Å². The minimum Gasteiger partial charge on any atom is -0.480 e. The number of carboxylic acid groups (broad SMARTS) is 1. The number of thiol groups is 1. The molecule has 0 radical (unpaired) electrons. The highest BCUT2D eigenvalue weighted by Gasteiger charge is 2.38. The number of likely N-dealkylation sites (tertiary alicyclic amines) is 1. The summed E-state index contributed by atoms with van der Waals surface area (Å²) in [6.45, 7) is 4.27. The second-order valence-corrected chi connectivity index (χ2v) is 9.67. The number of carboxylic acids is 1. The van der Waals surface area contributed by atoms with Crippen LogP contribution in [0.4, 0.5) is 0 Å². The van der Waals surface area contributed by atoms with E-state index in [-0.39, 0.29) is 24.0 Å². The summed E-state index contributed by atoms with van der Waals surface area (Å²) in [5, 5.41) is 15.5. The number of hydrogen-bond donors (Lipinski definition) is 6. The average Bonchev–Trinajstić information content (AvgIpc) is 3.52. The Balaban J connectivity index is 1.82. The van der Waals surface area contributed by atoms with Crippen LogP contribution in [0.3, 0.4) is 0 Å². The van der Waals surface area contributed by atoms with E-state index in [2.05, 4.69) is 28.2 Å². The third-order valence-electron chi connectivity index (χ3n) is 6.91. The van der Waals surface area contributed by atoms with Crippen LogP contribution in [0.5, 0.6) is 0 Å². The van der Waals surface area contributed by atoms with Gasteiger partial charge in [-0.1, -0.05) is 38.5 Å². The zero-order valence-corrected chi connectivity index (χ0v) is 21.5. The standard InChI is InChI=1S/C25H35N5O5S/c1-3-14(2)21(26)24(33)30-10-6-9-20(30)23(32)28-18(22(31)29-19(13-36)25(34)35)11-15-12-27-17-8-5-4-7-16(15)17/h4-5,7-8,12,14,18-21,27,36H,3,6,9-11,13,26H2,1-2H3,(H,28,32)(H,29,31)(H,34,35). The van der Waals surface area contributed by atoms with Gasteiger partial charge in [0.25, 0.3) is 0 Å². The highest BCUT2D eigenvalue weighted by atomic mass is 32.1. The molecule has 1 saturated heterocycles. The minimum atomic E-state index is -1.22. The van der Waals surface area contributed by atoms with Crippen LogP contribution in [0.15, 0.2) is 30.5 Å². The topological polar surface area (TPSA) is 158 Å². The zero-order chi connectivity index (χ0) is 26.4. The lowest BCUT2D eigenvalue weighted by atomic mass is 9.98. The maximum absolute atomic E-state index is 13.4. The van der Waals surface area contributed by atoms with Gasteiger partial charge in [-0.25, -0.2) is 4.79 Å². The van der Waals surface area contributed by atoms with Gasteiger partial charge in [0, 0.05) is 35.8 Å². The van der Waals surface area contributed by atoms with Crippen LogP contribution in [0.25, 0.3) is 10.9 Å². The van der Waals surface area contributed by atoms with Crippen LogP contribution < -0.4 is 16.4 Å². The molecule has 196 valence electrons. The molecule has 1 aromatic carbocycles. The lowest BCUT2D eigenvalue weighted by Crippen LogP contribution is -2.57. The van der Waals surface area contributed by atoms with E-state index in [1.807, 2.05) is 38.1 Å². The molecule has 1 aromatic heterocycles. The van der Waals surface area contributed by atoms with Crippen molar-refractivity contribution in [3.63, 3.8) is 0 Å². The summed E-state index contributed by atoms with van der Waals surface area (Å²) in [5.74, 6) is -2.73. The van der Waals surface area contributed by atoms with Crippen molar-refractivity contribution in [2.24, 2.45) is 11.7 Å². The normalized spacial score (nSPS) is 18.9. The third-order valence-corrected chi connectivity index (χ3v) is 7.27. The minimum absolute atomic E-state index is 0.0311. The summed E-state index contributed by atoms with van der Waals surface area (Å²) in [6.07, 6.45) is 3.74. The van der Waals surface area contributed by atoms with Gasteiger partial charge in [-0.05, 0) is 30.4 Å². The number of para-hydroxylation sites is 1. The molecule has 0 bridgehead atoms. The maximum Gasteiger partial charge on any atom is 0.327 e. The number of aromatic amines is 1. The van der Waals surface area contributed by atoms with Crippen LogP contribution in [0.1, 0.15) is 38.7 Å². The Hall–Kier alpha value is -3.05. The fourth-order valence-electron chi connectivity index (χ4n) is 4.45. The van der Waals surface area contributed by atoms with E-state index in [0.717, 1.165) is 22.9 Å². The molecule has 5 unspecified atom stereocenters. The van der Waals surface area contributed by atoms with Crippen molar-refractivity contribution in [1.82, 2.24) is 20.5 Å². The summed E-state index contributed by atoms with van der Waals surface area (Å²) in [7, 11) is 0. The maximum atomic E-state index is 13.4. The Morgan fingerprint density at radius 1 is 1.22 bits per heavy atom. The van der Waals surface area contributed by atoms with Crippen molar-refractivity contribution in [3.05, 3.63) is 36.0 Å². The molecule has 2 heterocycles. The summed E-state index contributed by atoms with van der Waals surface area (Å²) in [5.41, 5.74) is 7.82. The number of amides is 3. The lowest BCUT2D eigenvalue weighted by molar-refractivity contribution is -0.142. The molecule has 0 aliphatic carbocycles. The van der Waals surface area contributed by atoms with Gasteiger partial charge in [0.15, 0.2) is 0 Å². The SMILES string of the molecule is CCC(C)C(N)C(=O)N1CCCC1C(=O)NC(Cc1c[nH]c2ccccc12)C(=O)NC(CS)C(=O)O. The number of nitrogens with zero attached hydrogens (tertiary/aromatic N) is 1. The molecule has 1 aliphatic rings. The first-order chi connectivity index (χ1) is 17.2. The zero-order valence-electron chi connectivity index (χ0n) is 20.6. The Bertz CT molecular complexity index is 1110. The molecule has 10 nitrogen and oxygen atoms in total. The van der Waals surface area contributed by atoms with Gasteiger partial charge in [0.2, 0.25) is 17.7 Å². The molecular weight excluding hydrogens is 482 g/mol. The molecule has 3 rings (SSSR count). The van der Waals surface area contributed by atoms with Crippen LogP contribution in [0, 0.1) is 5.92 Å². The van der Waals surface area contributed by atoms with Gasteiger partial charge < -0.3 is 31.4 Å². The molecule has 5 atom stereocenters. The predicted molar refractivity (Wildman–Crippen MR) is 140 cm³/mol. The quantitative estimate of drug-likeness (QED) is 0.245. The highest BCUT2D eigenvalue weighted by molar-refractivity contribution is 7.80. The first-order valence-corrected chi connectivity index (χ1v) is 12.9. The molecular formula is C25H35N5O5S. The van der Waals surface area contributed by atoms with Gasteiger partial charge in [-0.2, -0.15) is 12.6 Å². The van der Waals surface area contributed by atoms with Crippen molar-refractivity contribution in [3.8, 4) is 0 Å². The van der Waals surface area contributed by atoms with E-state index in [4.69, 9.17) is 5.73 Å². The van der Waals surface area contributed by atoms with Crippen LogP contribution in [-0.2, 0) is 25.6 Å². The first kappa shape index (κ1) is 27.5. The van der Waals surface area contributed by atoms with Crippen molar-refractivity contribution in [1.29, 1.82) is 0 Å². The van der Waals surface area contributed by atoms with Crippen LogP contribution >= 0.6 is 12.6 Å². The van der Waals surface area contributed by atoms with E-state index < -0.39 is 42.0 Å². The number of carbonyl (C=O) groups is 4. The number of H-pyrrole nitrogens is 1. The molecule has 36 heavy (non-hydrogen) atoms. The van der Waals surface area contributed by atoms with Gasteiger partial charge in [0.05, 0.1) is 6.04 Å². The van der Waals surface area contributed by atoms with E-state index in [9.17, 15) is 24.3 Å². The molecule has 1 aliphatic heterocycles. The summed E-state index contributed by atoms with van der Waals surface area (Å²) in [4.78, 5) is 55.6. The van der Waals surface area contributed by atoms with Gasteiger partial charge >= 0.3 is 5.97 Å². The molecule has 2 aromatic rings. The lowest BCUT2D eigenvalue weighted by Gasteiger charge is -2.30. The van der Waals surface area contributed by atoms with Crippen molar-refractivity contribution < 1.29 is 24.3 Å². The highest BCUT2D eigenvalue weighted by Crippen LogP contribution is 2.22. The summed E-state index contributed by atoms with van der Waals surface area (Å²) >= 11 is 4.01. The summed E-state index contributed by atoms with van der Waals surface area (Å²) in [6, 6.07) is 3.84. The number of carbonyl (C=O) groups excluding carboxylic acids is 3. The smallest absolute Gasteiger partial charge is 0.327 e. The fourth-order valence-corrected chi connectivity index (χ4v) is 4.69. The number of nitrogens with one attached hydrogen (secondary N) is 3. The number of nitrogens with two attached hydrogens (primary N) is 1. The van der Waals surface area contributed by atoms with Gasteiger partial charge in [-0.3, -0.25) is 14.4 Å². The number of hydrogen-bond acceptors (Lipinski definition) is 6. The molecule has 11 heteroatoms. The number of benzene rings is 1. The first-order valence-electron chi connectivity index (χ1n) is 12.2. The van der Waals surface area contributed by atoms with Crippen molar-refractivity contribution in [2.45, 2.75) is 63.7 Å².